The van der Waals surface area contributed by atoms with E-state index in [9.17, 15) is 4.79 Å². The number of aromatic nitrogens is 1. The molecule has 104 valence electrons. The number of hydrogen-bond donors (Lipinski definition) is 2. The zero-order valence-electron chi connectivity index (χ0n) is 10.7. The first kappa shape index (κ1) is 13.8. The SMILES string of the molecule is CC(C(N)=NO)N1CCN(C(=O)c2cncs2)CC1. The molecule has 7 nitrogen and oxygen atoms in total. The number of nitrogens with zero attached hydrogens (tertiary/aromatic N) is 4. The summed E-state index contributed by atoms with van der Waals surface area (Å²) in [7, 11) is 0. The van der Waals surface area contributed by atoms with Crippen LogP contribution in [-0.4, -0.2) is 64.0 Å². The Balaban J connectivity index is 1.91. The van der Waals surface area contributed by atoms with Crippen LogP contribution in [0.4, 0.5) is 0 Å². The van der Waals surface area contributed by atoms with Crippen molar-refractivity contribution in [3.05, 3.63) is 16.6 Å². The van der Waals surface area contributed by atoms with Crippen molar-refractivity contribution in [2.75, 3.05) is 26.2 Å². The molecule has 0 spiro atoms. The second-order valence-corrected chi connectivity index (χ2v) is 5.28. The number of hydrogen-bond acceptors (Lipinski definition) is 6. The van der Waals surface area contributed by atoms with Gasteiger partial charge >= 0.3 is 0 Å². The summed E-state index contributed by atoms with van der Waals surface area (Å²) in [5.41, 5.74) is 7.25. The molecule has 1 fully saturated rings. The molecule has 8 heteroatoms. The molecule has 0 aromatic carbocycles. The van der Waals surface area contributed by atoms with Crippen molar-refractivity contribution in [1.29, 1.82) is 0 Å². The van der Waals surface area contributed by atoms with Gasteiger partial charge < -0.3 is 15.8 Å². The minimum atomic E-state index is -0.120. The highest BCUT2D eigenvalue weighted by Gasteiger charge is 2.26. The van der Waals surface area contributed by atoms with Crippen LogP contribution in [0.1, 0.15) is 16.6 Å². The lowest BCUT2D eigenvalue weighted by Gasteiger charge is -2.37. The lowest BCUT2D eigenvalue weighted by atomic mass is 10.2. The lowest BCUT2D eigenvalue weighted by molar-refractivity contribution is 0.0623. The number of oxime groups is 1. The van der Waals surface area contributed by atoms with E-state index in [1.807, 2.05) is 11.8 Å². The van der Waals surface area contributed by atoms with Crippen LogP contribution in [0.15, 0.2) is 16.9 Å². The number of piperazine rings is 1. The molecule has 1 aliphatic rings. The standard InChI is InChI=1S/C11H17N5O2S/c1-8(10(12)14-18)15-2-4-16(5-3-15)11(17)9-6-13-7-19-9/h6-8,18H,2-5H2,1H3,(H2,12,14). The first-order valence-electron chi connectivity index (χ1n) is 6.02. The number of amidine groups is 1. The summed E-state index contributed by atoms with van der Waals surface area (Å²) in [4.78, 5) is 20.6. The van der Waals surface area contributed by atoms with E-state index in [0.717, 1.165) is 0 Å². The Labute approximate surface area is 115 Å². The molecule has 1 aromatic heterocycles. The van der Waals surface area contributed by atoms with Gasteiger partial charge in [0.2, 0.25) is 0 Å². The van der Waals surface area contributed by atoms with Crippen molar-refractivity contribution in [2.45, 2.75) is 13.0 Å². The summed E-state index contributed by atoms with van der Waals surface area (Å²) >= 11 is 1.35. The number of rotatable bonds is 3. The summed E-state index contributed by atoms with van der Waals surface area (Å²) in [6, 6.07) is -0.120. The van der Waals surface area contributed by atoms with Crippen LogP contribution in [0.3, 0.4) is 0 Å². The fraction of sp³-hybridized carbons (Fsp3) is 0.545. The highest BCUT2D eigenvalue weighted by atomic mass is 32.1. The number of carbonyl (C=O) groups excluding carboxylic acids is 1. The quantitative estimate of drug-likeness (QED) is 0.353. The smallest absolute Gasteiger partial charge is 0.265 e. The third kappa shape index (κ3) is 3.02. The Morgan fingerprint density at radius 3 is 2.74 bits per heavy atom. The van der Waals surface area contributed by atoms with E-state index in [1.165, 1.54) is 11.3 Å². The molecule has 0 saturated carbocycles. The van der Waals surface area contributed by atoms with E-state index in [1.54, 1.807) is 11.7 Å². The second-order valence-electron chi connectivity index (χ2n) is 4.39. The molecule has 1 atom stereocenters. The van der Waals surface area contributed by atoms with Crippen LogP contribution in [0.2, 0.25) is 0 Å². The largest absolute Gasteiger partial charge is 0.409 e. The Hall–Kier alpha value is -1.67. The summed E-state index contributed by atoms with van der Waals surface area (Å²) in [6.07, 6.45) is 1.60. The van der Waals surface area contributed by atoms with Gasteiger partial charge in [0.15, 0.2) is 5.84 Å². The molecule has 1 saturated heterocycles. The fourth-order valence-electron chi connectivity index (χ4n) is 2.06. The third-order valence-corrected chi connectivity index (χ3v) is 4.10. The zero-order valence-corrected chi connectivity index (χ0v) is 11.5. The second kappa shape index (κ2) is 5.98. The molecule has 3 N–H and O–H groups in total. The van der Waals surface area contributed by atoms with E-state index in [-0.39, 0.29) is 17.8 Å². The molecule has 19 heavy (non-hydrogen) atoms. The number of amides is 1. The van der Waals surface area contributed by atoms with Crippen molar-refractivity contribution >= 4 is 23.1 Å². The Kier molecular flexibility index (Phi) is 4.33. The van der Waals surface area contributed by atoms with Gasteiger partial charge in [-0.2, -0.15) is 0 Å². The summed E-state index contributed by atoms with van der Waals surface area (Å²) < 4.78 is 0. The highest BCUT2D eigenvalue weighted by Crippen LogP contribution is 2.13. The van der Waals surface area contributed by atoms with Gasteiger partial charge in [0, 0.05) is 26.2 Å². The fourth-order valence-corrected chi connectivity index (χ4v) is 2.65. The zero-order chi connectivity index (χ0) is 13.8. The first-order chi connectivity index (χ1) is 9.13. The van der Waals surface area contributed by atoms with E-state index >= 15 is 0 Å². The summed E-state index contributed by atoms with van der Waals surface area (Å²) in [5, 5.41) is 11.7. The van der Waals surface area contributed by atoms with Crippen LogP contribution < -0.4 is 5.73 Å². The molecule has 1 aliphatic heterocycles. The Morgan fingerprint density at radius 2 is 2.21 bits per heavy atom. The summed E-state index contributed by atoms with van der Waals surface area (Å²) in [6.45, 7) is 4.58. The Morgan fingerprint density at radius 1 is 1.53 bits per heavy atom. The van der Waals surface area contributed by atoms with Crippen LogP contribution in [-0.2, 0) is 0 Å². The summed E-state index contributed by atoms with van der Waals surface area (Å²) in [5.74, 6) is 0.223. The predicted octanol–water partition coefficient (Wildman–Crippen LogP) is 0.0358. The van der Waals surface area contributed by atoms with Crippen LogP contribution in [0.25, 0.3) is 0 Å². The first-order valence-corrected chi connectivity index (χ1v) is 6.90. The van der Waals surface area contributed by atoms with Crippen LogP contribution in [0.5, 0.6) is 0 Å². The highest BCUT2D eigenvalue weighted by molar-refractivity contribution is 7.11. The van der Waals surface area contributed by atoms with E-state index in [4.69, 9.17) is 10.9 Å². The topological polar surface area (TPSA) is 95.0 Å². The average Bonchev–Trinajstić information content (AvgIpc) is 2.99. The van der Waals surface area contributed by atoms with Gasteiger partial charge in [0.25, 0.3) is 5.91 Å². The molecular weight excluding hydrogens is 266 g/mol. The maximum Gasteiger partial charge on any atom is 0.265 e. The monoisotopic (exact) mass is 283 g/mol. The van der Waals surface area contributed by atoms with Gasteiger partial charge in [0.05, 0.1) is 17.7 Å². The molecule has 2 rings (SSSR count). The molecule has 0 bridgehead atoms. The van der Waals surface area contributed by atoms with Crippen molar-refractivity contribution in [3.63, 3.8) is 0 Å². The Bertz CT molecular complexity index is 454. The van der Waals surface area contributed by atoms with Gasteiger partial charge in [-0.1, -0.05) is 5.16 Å². The van der Waals surface area contributed by atoms with Gasteiger partial charge in [-0.05, 0) is 6.92 Å². The maximum absolute atomic E-state index is 12.1. The van der Waals surface area contributed by atoms with Gasteiger partial charge in [-0.25, -0.2) is 0 Å². The molecule has 1 unspecified atom stereocenters. The molecule has 1 aromatic rings. The normalized spacial score (nSPS) is 19.4. The van der Waals surface area contributed by atoms with Crippen LogP contribution >= 0.6 is 11.3 Å². The number of carbonyl (C=O) groups is 1. The molecule has 1 amide bonds. The van der Waals surface area contributed by atoms with Crippen molar-refractivity contribution in [1.82, 2.24) is 14.8 Å². The van der Waals surface area contributed by atoms with Gasteiger partial charge in [-0.3, -0.25) is 14.7 Å². The number of nitrogens with two attached hydrogens (primary N) is 1. The van der Waals surface area contributed by atoms with Crippen molar-refractivity contribution in [2.24, 2.45) is 10.9 Å². The lowest BCUT2D eigenvalue weighted by Crippen LogP contribution is -2.54. The van der Waals surface area contributed by atoms with E-state index < -0.39 is 0 Å². The maximum atomic E-state index is 12.1. The number of thiazole rings is 1. The van der Waals surface area contributed by atoms with Gasteiger partial charge in [-0.15, -0.1) is 11.3 Å². The van der Waals surface area contributed by atoms with Crippen molar-refractivity contribution in [3.8, 4) is 0 Å². The minimum Gasteiger partial charge on any atom is -0.409 e. The third-order valence-electron chi connectivity index (χ3n) is 3.34. The average molecular weight is 283 g/mol. The minimum absolute atomic E-state index is 0.0265. The molecular formula is C11H17N5O2S. The molecule has 0 aliphatic carbocycles. The molecule has 2 heterocycles. The van der Waals surface area contributed by atoms with Gasteiger partial charge in [0.1, 0.15) is 4.88 Å². The predicted molar refractivity (Wildman–Crippen MR) is 72.5 cm³/mol. The van der Waals surface area contributed by atoms with E-state index in [0.29, 0.717) is 31.1 Å². The molecule has 0 radical (unpaired) electrons. The van der Waals surface area contributed by atoms with E-state index in [2.05, 4.69) is 15.0 Å². The van der Waals surface area contributed by atoms with Crippen molar-refractivity contribution < 1.29 is 10.0 Å². The van der Waals surface area contributed by atoms with Crippen LogP contribution in [0, 0.1) is 0 Å².